The van der Waals surface area contributed by atoms with E-state index in [4.69, 9.17) is 23.7 Å². The zero-order chi connectivity index (χ0) is 11.6. The lowest BCUT2D eigenvalue weighted by molar-refractivity contribution is -0.337. The van der Waals surface area contributed by atoms with Crippen molar-refractivity contribution in [2.75, 3.05) is 6.61 Å². The van der Waals surface area contributed by atoms with Crippen LogP contribution >= 0.6 is 0 Å². The van der Waals surface area contributed by atoms with E-state index in [1.165, 1.54) is 0 Å². The molecule has 1 saturated carbocycles. The molecule has 96 valence electrons. The highest BCUT2D eigenvalue weighted by atomic mass is 16.9. The highest BCUT2D eigenvalue weighted by Gasteiger charge is 2.76. The molecule has 6 saturated heterocycles. The first-order valence-corrected chi connectivity index (χ1v) is 6.61. The lowest BCUT2D eigenvalue weighted by Crippen LogP contribution is -2.45. The van der Waals surface area contributed by atoms with Crippen molar-refractivity contribution in [1.82, 2.24) is 0 Å². The molecule has 7 aliphatic rings. The smallest absolute Gasteiger partial charge is 0.309 e. The molecule has 6 heteroatoms. The minimum absolute atomic E-state index is 0.0831. The van der Waals surface area contributed by atoms with E-state index < -0.39 is 0 Å². The van der Waals surface area contributed by atoms with Gasteiger partial charge in [-0.3, -0.25) is 4.79 Å². The number of hydrogen-bond acceptors (Lipinski definition) is 6. The van der Waals surface area contributed by atoms with Crippen molar-refractivity contribution in [1.29, 1.82) is 0 Å². The number of hydrogen-bond donors (Lipinski definition) is 0. The summed E-state index contributed by atoms with van der Waals surface area (Å²) < 4.78 is 28.7. The molecule has 10 atom stereocenters. The highest BCUT2D eigenvalue weighted by Crippen LogP contribution is 2.66. The van der Waals surface area contributed by atoms with Gasteiger partial charge in [-0.15, -0.1) is 0 Å². The molecule has 6 nitrogen and oxygen atoms in total. The molecule has 0 amide bonds. The van der Waals surface area contributed by atoms with Crippen LogP contribution in [0.1, 0.15) is 0 Å². The van der Waals surface area contributed by atoms with Crippen molar-refractivity contribution in [2.24, 2.45) is 35.5 Å². The second-order valence-corrected chi connectivity index (χ2v) is 6.15. The maximum atomic E-state index is 12.0. The van der Waals surface area contributed by atoms with Gasteiger partial charge in [-0.25, -0.2) is 0 Å². The quantitative estimate of drug-likeness (QED) is 0.551. The van der Waals surface area contributed by atoms with E-state index >= 15 is 0 Å². The Kier molecular flexibility index (Phi) is 1.34. The molecule has 0 aromatic heterocycles. The van der Waals surface area contributed by atoms with Crippen LogP contribution in [0.25, 0.3) is 0 Å². The number of ether oxygens (including phenoxy) is 5. The number of rotatable bonds is 0. The van der Waals surface area contributed by atoms with Crippen LogP contribution in [0.4, 0.5) is 0 Å². The summed E-state index contributed by atoms with van der Waals surface area (Å²) in [4.78, 5) is 12.0. The molecule has 0 N–H and O–H groups in total. The molecule has 7 fully saturated rings. The van der Waals surface area contributed by atoms with E-state index in [1.54, 1.807) is 0 Å². The number of carbonyl (C=O) groups excluding carboxylic acids is 1. The van der Waals surface area contributed by atoms with Gasteiger partial charge in [0, 0.05) is 29.6 Å². The fraction of sp³-hybridized carbons (Fsp3) is 0.917. The Morgan fingerprint density at radius 2 is 1.33 bits per heavy atom. The third kappa shape index (κ3) is 0.758. The summed E-state index contributed by atoms with van der Waals surface area (Å²) in [5.74, 6) is 0.921. The zero-order valence-electron chi connectivity index (χ0n) is 9.43. The molecule has 0 aromatic carbocycles. The lowest BCUT2D eigenvalue weighted by atomic mass is 9.60. The average Bonchev–Trinajstić information content (AvgIpc) is 2.98. The fourth-order valence-corrected chi connectivity index (χ4v) is 5.23. The van der Waals surface area contributed by atoms with Crippen molar-refractivity contribution >= 4 is 5.97 Å². The SMILES string of the molecule is O=C1OC[C@@H]2[C@H]1[C@@H]1[C@H]3O[C@@H]4O[C@@H]5O[C@H](O3)[C@H]2[C@@H]5[C@@H]41. The minimum Gasteiger partial charge on any atom is -0.465 e. The van der Waals surface area contributed by atoms with Gasteiger partial charge in [0.1, 0.15) is 0 Å². The maximum Gasteiger partial charge on any atom is 0.309 e. The van der Waals surface area contributed by atoms with Crippen LogP contribution in [0.3, 0.4) is 0 Å². The van der Waals surface area contributed by atoms with E-state index in [0.717, 1.165) is 0 Å². The third-order valence-electron chi connectivity index (χ3n) is 5.72. The van der Waals surface area contributed by atoms with E-state index in [2.05, 4.69) is 0 Å². The molecular weight excluding hydrogens is 240 g/mol. The van der Waals surface area contributed by atoms with Gasteiger partial charge in [0.15, 0.2) is 25.2 Å². The summed E-state index contributed by atoms with van der Waals surface area (Å²) >= 11 is 0. The summed E-state index contributed by atoms with van der Waals surface area (Å²) in [7, 11) is 0. The Labute approximate surface area is 102 Å². The highest BCUT2D eigenvalue weighted by molar-refractivity contribution is 5.75. The molecule has 0 radical (unpaired) electrons. The molecule has 0 aromatic rings. The van der Waals surface area contributed by atoms with E-state index in [0.29, 0.717) is 12.5 Å². The summed E-state index contributed by atoms with van der Waals surface area (Å²) in [5.41, 5.74) is 0. The van der Waals surface area contributed by atoms with Crippen LogP contribution < -0.4 is 0 Å². The Morgan fingerprint density at radius 1 is 0.778 bits per heavy atom. The standard InChI is InChI=1S/C12H12O6/c13-8-3-2(1-14-8)4-6-7-5(3)10-15-9(4)16-11(6)18-12(7)17-10/h2-7,9-12H,1H2/t2-,3+,4-,5+,6-,7+,9+,10-,11+,12-/m1/s1. The van der Waals surface area contributed by atoms with Crippen molar-refractivity contribution in [3.63, 3.8) is 0 Å². The van der Waals surface area contributed by atoms with Crippen LogP contribution in [-0.4, -0.2) is 37.7 Å². The Morgan fingerprint density at radius 3 is 2.06 bits per heavy atom. The Balaban J connectivity index is 1.61. The summed E-state index contributed by atoms with van der Waals surface area (Å²) in [6.45, 7) is 0.501. The Bertz CT molecular complexity index is 465. The molecule has 6 bridgehead atoms. The van der Waals surface area contributed by atoms with Crippen molar-refractivity contribution in [2.45, 2.75) is 25.2 Å². The summed E-state index contributed by atoms with van der Waals surface area (Å²) in [6.07, 6.45) is -1.12. The average molecular weight is 252 g/mol. The molecule has 0 spiro atoms. The Hall–Kier alpha value is -0.690. The molecule has 7 rings (SSSR count). The van der Waals surface area contributed by atoms with Crippen LogP contribution in [0.5, 0.6) is 0 Å². The zero-order valence-corrected chi connectivity index (χ0v) is 9.43. The largest absolute Gasteiger partial charge is 0.465 e. The molecule has 1 aliphatic carbocycles. The first kappa shape index (κ1) is 9.25. The number of cyclic esters (lactones) is 1. The molecule has 0 unspecified atom stereocenters. The van der Waals surface area contributed by atoms with Crippen molar-refractivity contribution < 1.29 is 28.5 Å². The van der Waals surface area contributed by atoms with Gasteiger partial charge < -0.3 is 23.7 Å². The van der Waals surface area contributed by atoms with E-state index in [1.807, 2.05) is 0 Å². The van der Waals surface area contributed by atoms with Gasteiger partial charge >= 0.3 is 5.97 Å². The van der Waals surface area contributed by atoms with Gasteiger partial charge in [-0.05, 0) is 0 Å². The van der Waals surface area contributed by atoms with Crippen LogP contribution in [-0.2, 0) is 28.5 Å². The second kappa shape index (κ2) is 2.60. The van der Waals surface area contributed by atoms with Gasteiger partial charge in [0.05, 0.1) is 12.5 Å². The normalized spacial score (nSPS) is 69.7. The molecule has 18 heavy (non-hydrogen) atoms. The first-order chi connectivity index (χ1) is 8.83. The summed E-state index contributed by atoms with van der Waals surface area (Å²) in [5, 5.41) is 0. The predicted molar refractivity (Wildman–Crippen MR) is 51.4 cm³/mol. The lowest BCUT2D eigenvalue weighted by Gasteiger charge is -2.37. The first-order valence-electron chi connectivity index (χ1n) is 6.61. The maximum absolute atomic E-state index is 12.0. The topological polar surface area (TPSA) is 63.2 Å². The number of carbonyl (C=O) groups is 1. The van der Waals surface area contributed by atoms with Gasteiger partial charge in [0.25, 0.3) is 0 Å². The number of esters is 1. The molecular formula is C12H12O6. The van der Waals surface area contributed by atoms with Gasteiger partial charge in [-0.1, -0.05) is 0 Å². The molecule has 6 heterocycles. The summed E-state index contributed by atoms with van der Waals surface area (Å²) in [6, 6.07) is 0. The van der Waals surface area contributed by atoms with E-state index in [9.17, 15) is 4.79 Å². The van der Waals surface area contributed by atoms with E-state index in [-0.39, 0.29) is 60.7 Å². The second-order valence-electron chi connectivity index (χ2n) is 6.15. The fourth-order valence-electron chi connectivity index (χ4n) is 5.23. The predicted octanol–water partition coefficient (Wildman–Crippen LogP) is -0.321. The monoisotopic (exact) mass is 252 g/mol. The molecule has 6 aliphatic heterocycles. The third-order valence-corrected chi connectivity index (χ3v) is 5.72. The van der Waals surface area contributed by atoms with Gasteiger partial charge in [-0.2, -0.15) is 0 Å². The minimum atomic E-state index is -0.362. The van der Waals surface area contributed by atoms with Crippen molar-refractivity contribution in [3.05, 3.63) is 0 Å². The van der Waals surface area contributed by atoms with Crippen molar-refractivity contribution in [3.8, 4) is 0 Å². The van der Waals surface area contributed by atoms with Crippen LogP contribution in [0.2, 0.25) is 0 Å². The van der Waals surface area contributed by atoms with Crippen LogP contribution in [0.15, 0.2) is 0 Å². The van der Waals surface area contributed by atoms with Crippen LogP contribution in [0, 0.1) is 35.5 Å². The van der Waals surface area contributed by atoms with Gasteiger partial charge in [0.2, 0.25) is 0 Å².